The van der Waals surface area contributed by atoms with Crippen LogP contribution < -0.4 is 10.1 Å². The first-order chi connectivity index (χ1) is 15.5. The van der Waals surface area contributed by atoms with Crippen molar-refractivity contribution in [2.45, 2.75) is 6.61 Å². The molecule has 3 aromatic carbocycles. The molecule has 160 valence electrons. The van der Waals surface area contributed by atoms with Crippen LogP contribution >= 0.6 is 23.4 Å². The van der Waals surface area contributed by atoms with Gasteiger partial charge < -0.3 is 10.1 Å². The van der Waals surface area contributed by atoms with E-state index in [9.17, 15) is 14.0 Å². The van der Waals surface area contributed by atoms with Crippen molar-refractivity contribution in [3.05, 3.63) is 105 Å². The number of aliphatic imine (C=N–C) groups is 1. The third-order valence-corrected chi connectivity index (χ3v) is 5.62. The van der Waals surface area contributed by atoms with E-state index in [1.165, 1.54) is 12.1 Å². The summed E-state index contributed by atoms with van der Waals surface area (Å²) in [6.07, 6.45) is 1.68. The molecule has 0 unspecified atom stereocenters. The van der Waals surface area contributed by atoms with Gasteiger partial charge in [-0.2, -0.15) is 4.99 Å². The van der Waals surface area contributed by atoms with E-state index in [2.05, 4.69) is 10.3 Å². The average Bonchev–Trinajstić information content (AvgIpc) is 3.13. The lowest BCUT2D eigenvalue weighted by Crippen LogP contribution is -2.20. The van der Waals surface area contributed by atoms with Gasteiger partial charge in [-0.1, -0.05) is 41.9 Å². The van der Waals surface area contributed by atoms with Crippen LogP contribution in [0, 0.1) is 5.82 Å². The molecule has 5 nitrogen and oxygen atoms in total. The van der Waals surface area contributed by atoms with Crippen LogP contribution in [0.2, 0.25) is 5.02 Å². The van der Waals surface area contributed by atoms with Gasteiger partial charge in [-0.3, -0.25) is 9.59 Å². The number of para-hydroxylation sites is 1. The lowest BCUT2D eigenvalue weighted by molar-refractivity contribution is -0.115. The highest BCUT2D eigenvalue weighted by molar-refractivity contribution is 8.18. The molecule has 0 spiro atoms. The molecule has 0 saturated carbocycles. The Labute approximate surface area is 193 Å². The van der Waals surface area contributed by atoms with Crippen molar-refractivity contribution in [3.8, 4) is 5.75 Å². The molecule has 1 fully saturated rings. The number of nitrogens with zero attached hydrogens (tertiary/aromatic N) is 1. The van der Waals surface area contributed by atoms with E-state index < -0.39 is 5.91 Å². The third kappa shape index (κ3) is 5.43. The highest BCUT2D eigenvalue weighted by Gasteiger charge is 2.25. The van der Waals surface area contributed by atoms with Crippen LogP contribution in [0.1, 0.15) is 21.5 Å². The van der Waals surface area contributed by atoms with Crippen LogP contribution in [0.3, 0.4) is 0 Å². The summed E-state index contributed by atoms with van der Waals surface area (Å²) in [6, 6.07) is 19.6. The van der Waals surface area contributed by atoms with E-state index in [0.29, 0.717) is 26.8 Å². The van der Waals surface area contributed by atoms with Crippen LogP contribution in [0.15, 0.2) is 82.7 Å². The number of nitrogens with one attached hydrogen (secondary N) is 1. The molecule has 0 aromatic heterocycles. The molecule has 1 N–H and O–H groups in total. The van der Waals surface area contributed by atoms with Crippen molar-refractivity contribution in [2.75, 3.05) is 0 Å². The van der Waals surface area contributed by atoms with Gasteiger partial charge in [0.1, 0.15) is 18.2 Å². The Balaban J connectivity index is 1.49. The molecular formula is C24H16ClFN2O3S. The van der Waals surface area contributed by atoms with Gasteiger partial charge in [0.05, 0.1) is 4.91 Å². The van der Waals surface area contributed by atoms with E-state index in [1.807, 2.05) is 18.2 Å². The fourth-order valence-corrected chi connectivity index (χ4v) is 3.78. The Kier molecular flexibility index (Phi) is 6.68. The highest BCUT2D eigenvalue weighted by Crippen LogP contribution is 2.30. The van der Waals surface area contributed by atoms with Gasteiger partial charge in [-0.15, -0.1) is 0 Å². The maximum Gasteiger partial charge on any atom is 0.279 e. The molecule has 0 aliphatic carbocycles. The summed E-state index contributed by atoms with van der Waals surface area (Å²) >= 11 is 6.91. The van der Waals surface area contributed by atoms with Crippen molar-refractivity contribution in [1.82, 2.24) is 5.32 Å². The Morgan fingerprint density at radius 3 is 2.53 bits per heavy atom. The van der Waals surface area contributed by atoms with Gasteiger partial charge in [0.15, 0.2) is 5.17 Å². The summed E-state index contributed by atoms with van der Waals surface area (Å²) in [4.78, 5) is 29.1. The second-order valence-electron chi connectivity index (χ2n) is 6.75. The molecule has 3 aromatic rings. The van der Waals surface area contributed by atoms with Gasteiger partial charge in [0.25, 0.3) is 11.8 Å². The van der Waals surface area contributed by atoms with Crippen LogP contribution in [0.4, 0.5) is 4.39 Å². The van der Waals surface area contributed by atoms with Crippen LogP contribution in [0.25, 0.3) is 6.08 Å². The Morgan fingerprint density at radius 1 is 1.06 bits per heavy atom. The van der Waals surface area contributed by atoms with Crippen LogP contribution in [0.5, 0.6) is 5.75 Å². The first-order valence-electron chi connectivity index (χ1n) is 9.54. The van der Waals surface area contributed by atoms with E-state index in [0.717, 1.165) is 17.3 Å². The number of carbonyl (C=O) groups is 2. The minimum Gasteiger partial charge on any atom is -0.488 e. The monoisotopic (exact) mass is 466 g/mol. The molecule has 8 heteroatoms. The first-order valence-corrected chi connectivity index (χ1v) is 10.7. The number of benzene rings is 3. The predicted molar refractivity (Wildman–Crippen MR) is 124 cm³/mol. The van der Waals surface area contributed by atoms with Gasteiger partial charge in [-0.05, 0) is 65.9 Å². The SMILES string of the molecule is O=C1NC(=NC(=O)c2ccc(Cl)cc2)S/C1=C\c1ccccc1OCc1ccc(F)cc1. The number of thioether (sulfide) groups is 1. The van der Waals surface area contributed by atoms with Crippen LogP contribution in [-0.4, -0.2) is 17.0 Å². The summed E-state index contributed by atoms with van der Waals surface area (Å²) in [6.45, 7) is 0.252. The summed E-state index contributed by atoms with van der Waals surface area (Å²) in [5.74, 6) is -0.574. The number of carbonyl (C=O) groups excluding carboxylic acids is 2. The number of amidine groups is 1. The Hall–Kier alpha value is -3.42. The normalized spacial score (nSPS) is 15.8. The molecule has 4 rings (SSSR count). The zero-order chi connectivity index (χ0) is 22.5. The molecule has 32 heavy (non-hydrogen) atoms. The van der Waals surface area contributed by atoms with Crippen molar-refractivity contribution in [2.24, 2.45) is 4.99 Å². The smallest absolute Gasteiger partial charge is 0.279 e. The van der Waals surface area contributed by atoms with E-state index in [1.54, 1.807) is 48.5 Å². The molecule has 1 aliphatic rings. The zero-order valence-corrected chi connectivity index (χ0v) is 18.1. The summed E-state index contributed by atoms with van der Waals surface area (Å²) < 4.78 is 18.9. The van der Waals surface area contributed by atoms with Gasteiger partial charge in [0, 0.05) is 16.1 Å². The average molecular weight is 467 g/mol. The number of amides is 2. The highest BCUT2D eigenvalue weighted by atomic mass is 35.5. The second kappa shape index (κ2) is 9.80. The minimum atomic E-state index is -0.478. The molecule has 1 aliphatic heterocycles. The minimum absolute atomic E-state index is 0.200. The number of halogens is 2. The summed E-state index contributed by atoms with van der Waals surface area (Å²) in [5, 5.41) is 3.32. The van der Waals surface area contributed by atoms with E-state index in [4.69, 9.17) is 16.3 Å². The van der Waals surface area contributed by atoms with Gasteiger partial charge in [0.2, 0.25) is 0 Å². The number of rotatable bonds is 5. The van der Waals surface area contributed by atoms with E-state index >= 15 is 0 Å². The predicted octanol–water partition coefficient (Wildman–Crippen LogP) is 5.46. The lowest BCUT2D eigenvalue weighted by Gasteiger charge is -2.09. The Morgan fingerprint density at radius 2 is 1.78 bits per heavy atom. The summed E-state index contributed by atoms with van der Waals surface area (Å²) in [7, 11) is 0. The quantitative estimate of drug-likeness (QED) is 0.507. The number of hydrogen-bond donors (Lipinski definition) is 1. The fraction of sp³-hybridized carbons (Fsp3) is 0.0417. The van der Waals surface area contributed by atoms with Crippen molar-refractivity contribution < 1.29 is 18.7 Å². The molecule has 2 amide bonds. The van der Waals surface area contributed by atoms with Crippen molar-refractivity contribution >= 4 is 46.4 Å². The Bertz CT molecular complexity index is 1220. The summed E-state index contributed by atoms with van der Waals surface area (Å²) in [5.41, 5.74) is 1.88. The lowest BCUT2D eigenvalue weighted by atomic mass is 10.2. The third-order valence-electron chi connectivity index (χ3n) is 4.46. The molecule has 1 saturated heterocycles. The van der Waals surface area contributed by atoms with E-state index in [-0.39, 0.29) is 23.5 Å². The molecule has 0 bridgehead atoms. The first kappa shape index (κ1) is 21.8. The van der Waals surface area contributed by atoms with Gasteiger partial charge in [-0.25, -0.2) is 4.39 Å². The maximum atomic E-state index is 13.1. The second-order valence-corrected chi connectivity index (χ2v) is 8.21. The molecular weight excluding hydrogens is 451 g/mol. The molecule has 1 heterocycles. The fourth-order valence-electron chi connectivity index (χ4n) is 2.84. The zero-order valence-electron chi connectivity index (χ0n) is 16.5. The number of ether oxygens (including phenoxy) is 1. The largest absolute Gasteiger partial charge is 0.488 e. The maximum absolute atomic E-state index is 13.1. The standard InChI is InChI=1S/C24H16ClFN2O3S/c25-18-9-7-16(8-10-18)22(29)27-24-28-23(30)21(32-24)13-17-3-1-2-4-20(17)31-14-15-5-11-19(26)12-6-15/h1-13H,14H2,(H,27,28,29,30)/b21-13-. The van der Waals surface area contributed by atoms with Crippen molar-refractivity contribution in [1.29, 1.82) is 0 Å². The van der Waals surface area contributed by atoms with Crippen LogP contribution in [-0.2, 0) is 11.4 Å². The number of hydrogen-bond acceptors (Lipinski definition) is 4. The molecule has 0 atom stereocenters. The topological polar surface area (TPSA) is 67.8 Å². The van der Waals surface area contributed by atoms with Gasteiger partial charge >= 0.3 is 0 Å². The van der Waals surface area contributed by atoms with Crippen molar-refractivity contribution in [3.63, 3.8) is 0 Å². The molecule has 0 radical (unpaired) electrons.